The highest BCUT2D eigenvalue weighted by Crippen LogP contribution is 2.42. The topological polar surface area (TPSA) is 51.2 Å². The molecular formula is C15H12BrFN2O2. The van der Waals surface area contributed by atoms with E-state index in [1.807, 2.05) is 6.07 Å². The Morgan fingerprint density at radius 3 is 2.86 bits per heavy atom. The van der Waals surface area contributed by atoms with Crippen LogP contribution in [-0.4, -0.2) is 11.1 Å². The Hall–Kier alpha value is -1.95. The predicted octanol–water partition coefficient (Wildman–Crippen LogP) is 3.68. The summed E-state index contributed by atoms with van der Waals surface area (Å²) < 4.78 is 20.1. The number of alkyl carbamates (subject to hydrolysis) is 1. The van der Waals surface area contributed by atoms with Gasteiger partial charge in [0, 0.05) is 28.0 Å². The molecule has 1 amide bonds. The van der Waals surface area contributed by atoms with E-state index >= 15 is 0 Å². The number of ether oxygens (including phenoxy) is 1. The van der Waals surface area contributed by atoms with Crippen molar-refractivity contribution in [2.24, 2.45) is 0 Å². The van der Waals surface area contributed by atoms with Crippen LogP contribution in [0.25, 0.3) is 0 Å². The molecule has 3 rings (SSSR count). The fourth-order valence-corrected chi connectivity index (χ4v) is 2.88. The molecule has 0 saturated carbocycles. The van der Waals surface area contributed by atoms with Gasteiger partial charge in [0.1, 0.15) is 11.4 Å². The van der Waals surface area contributed by atoms with Gasteiger partial charge in [0.25, 0.3) is 0 Å². The SMILES string of the molecule is C[C@]1(c2cncc(Br)c2)NC(=O)O[C@H]1c1ccccc1F. The lowest BCUT2D eigenvalue weighted by molar-refractivity contribution is 0.110. The van der Waals surface area contributed by atoms with Gasteiger partial charge in [-0.15, -0.1) is 0 Å². The molecule has 1 N–H and O–H groups in total. The third-order valence-corrected chi connectivity index (χ3v) is 4.04. The molecule has 1 aromatic heterocycles. The smallest absolute Gasteiger partial charge is 0.408 e. The summed E-state index contributed by atoms with van der Waals surface area (Å²) in [5.74, 6) is -0.409. The minimum Gasteiger partial charge on any atom is -0.438 e. The Labute approximate surface area is 129 Å². The van der Waals surface area contributed by atoms with Crippen LogP contribution in [-0.2, 0) is 10.3 Å². The van der Waals surface area contributed by atoms with Gasteiger partial charge < -0.3 is 10.1 Å². The van der Waals surface area contributed by atoms with Crippen molar-refractivity contribution in [1.82, 2.24) is 10.3 Å². The summed E-state index contributed by atoms with van der Waals surface area (Å²) in [6.45, 7) is 1.79. The number of amides is 1. The summed E-state index contributed by atoms with van der Waals surface area (Å²) in [7, 11) is 0. The Balaban J connectivity index is 2.11. The number of hydrogen-bond donors (Lipinski definition) is 1. The molecule has 0 bridgehead atoms. The number of cyclic esters (lactones) is 1. The van der Waals surface area contributed by atoms with Crippen LogP contribution in [0.5, 0.6) is 0 Å². The van der Waals surface area contributed by atoms with Gasteiger partial charge in [-0.05, 0) is 35.0 Å². The first-order valence-corrected chi connectivity index (χ1v) is 7.14. The van der Waals surface area contributed by atoms with Crippen molar-refractivity contribution < 1.29 is 13.9 Å². The van der Waals surface area contributed by atoms with Gasteiger partial charge in [0.15, 0.2) is 6.10 Å². The molecule has 1 aromatic carbocycles. The zero-order chi connectivity index (χ0) is 15.0. The van der Waals surface area contributed by atoms with Crippen LogP contribution in [0.15, 0.2) is 47.2 Å². The maximum atomic E-state index is 14.1. The van der Waals surface area contributed by atoms with Gasteiger partial charge in [-0.1, -0.05) is 18.2 Å². The van der Waals surface area contributed by atoms with Crippen molar-refractivity contribution in [3.63, 3.8) is 0 Å². The van der Waals surface area contributed by atoms with Crippen molar-refractivity contribution in [1.29, 1.82) is 0 Å². The lowest BCUT2D eigenvalue weighted by atomic mass is 9.84. The second-order valence-electron chi connectivity index (χ2n) is 5.03. The van der Waals surface area contributed by atoms with Gasteiger partial charge in [0.2, 0.25) is 0 Å². The Morgan fingerprint density at radius 2 is 2.14 bits per heavy atom. The number of rotatable bonds is 2. The molecule has 108 valence electrons. The molecule has 0 unspecified atom stereocenters. The molecule has 1 aliphatic rings. The zero-order valence-corrected chi connectivity index (χ0v) is 12.7. The van der Waals surface area contributed by atoms with E-state index in [0.717, 1.165) is 10.0 Å². The minimum atomic E-state index is -0.893. The summed E-state index contributed by atoms with van der Waals surface area (Å²) >= 11 is 3.35. The number of halogens is 2. The molecule has 1 saturated heterocycles. The van der Waals surface area contributed by atoms with E-state index < -0.39 is 23.6 Å². The van der Waals surface area contributed by atoms with Crippen LogP contribution in [0.3, 0.4) is 0 Å². The van der Waals surface area contributed by atoms with Gasteiger partial charge in [-0.25, -0.2) is 9.18 Å². The summed E-state index contributed by atoms with van der Waals surface area (Å²) in [5, 5.41) is 2.76. The predicted molar refractivity (Wildman–Crippen MR) is 78.0 cm³/mol. The summed E-state index contributed by atoms with van der Waals surface area (Å²) in [5.41, 5.74) is 0.171. The van der Waals surface area contributed by atoms with E-state index in [1.165, 1.54) is 6.07 Å². The van der Waals surface area contributed by atoms with Crippen LogP contribution in [0.2, 0.25) is 0 Å². The van der Waals surface area contributed by atoms with Gasteiger partial charge in [0.05, 0.1) is 0 Å². The van der Waals surface area contributed by atoms with Crippen LogP contribution < -0.4 is 5.32 Å². The quantitative estimate of drug-likeness (QED) is 0.898. The van der Waals surface area contributed by atoms with Crippen LogP contribution in [0, 0.1) is 5.82 Å². The first kappa shape index (κ1) is 14.0. The average Bonchev–Trinajstić information content (AvgIpc) is 2.76. The number of carbonyl (C=O) groups excluding carboxylic acids is 1. The maximum absolute atomic E-state index is 14.1. The molecule has 21 heavy (non-hydrogen) atoms. The number of carbonyl (C=O) groups is 1. The lowest BCUT2D eigenvalue weighted by Gasteiger charge is -2.29. The highest BCUT2D eigenvalue weighted by molar-refractivity contribution is 9.10. The minimum absolute atomic E-state index is 0.332. The van der Waals surface area contributed by atoms with Crippen molar-refractivity contribution in [3.8, 4) is 0 Å². The number of aromatic nitrogens is 1. The molecular weight excluding hydrogens is 339 g/mol. The number of hydrogen-bond acceptors (Lipinski definition) is 3. The van der Waals surface area contributed by atoms with Crippen molar-refractivity contribution >= 4 is 22.0 Å². The fourth-order valence-electron chi connectivity index (χ4n) is 2.51. The number of benzene rings is 1. The van der Waals surface area contributed by atoms with E-state index in [0.29, 0.717) is 5.56 Å². The monoisotopic (exact) mass is 350 g/mol. The first-order chi connectivity index (χ1) is 10.0. The lowest BCUT2D eigenvalue weighted by Crippen LogP contribution is -2.39. The second kappa shape index (κ2) is 5.11. The third-order valence-electron chi connectivity index (χ3n) is 3.60. The van der Waals surface area contributed by atoms with Gasteiger partial charge in [-0.3, -0.25) is 4.98 Å². The summed E-state index contributed by atoms with van der Waals surface area (Å²) in [6, 6.07) is 8.10. The van der Waals surface area contributed by atoms with E-state index in [4.69, 9.17) is 4.74 Å². The Bertz CT molecular complexity index is 710. The maximum Gasteiger partial charge on any atom is 0.408 e. The standard InChI is InChI=1S/C15H12BrFN2O2/c1-15(9-6-10(16)8-18-7-9)13(21-14(20)19-15)11-4-2-3-5-12(11)17/h2-8,13H,1H3,(H,19,20)/t13-,15+/m0/s1. The molecule has 0 aliphatic carbocycles. The number of nitrogens with zero attached hydrogens (tertiary/aromatic N) is 1. The molecule has 1 aliphatic heterocycles. The third kappa shape index (κ3) is 2.40. The van der Waals surface area contributed by atoms with E-state index in [2.05, 4.69) is 26.2 Å². The zero-order valence-electron chi connectivity index (χ0n) is 11.1. The highest BCUT2D eigenvalue weighted by atomic mass is 79.9. The summed E-state index contributed by atoms with van der Waals surface area (Å²) in [6.07, 6.45) is 1.93. The highest BCUT2D eigenvalue weighted by Gasteiger charge is 2.48. The fraction of sp³-hybridized carbons (Fsp3) is 0.200. The largest absolute Gasteiger partial charge is 0.438 e. The molecule has 0 spiro atoms. The van der Waals surface area contributed by atoms with E-state index in [1.54, 1.807) is 37.5 Å². The normalized spacial score (nSPS) is 24.5. The molecule has 2 heterocycles. The molecule has 0 radical (unpaired) electrons. The molecule has 4 nitrogen and oxygen atoms in total. The number of nitrogens with one attached hydrogen (secondary N) is 1. The summed E-state index contributed by atoms with van der Waals surface area (Å²) in [4.78, 5) is 15.8. The van der Waals surface area contributed by atoms with E-state index in [9.17, 15) is 9.18 Å². The van der Waals surface area contributed by atoms with Crippen molar-refractivity contribution in [2.75, 3.05) is 0 Å². The second-order valence-corrected chi connectivity index (χ2v) is 5.94. The van der Waals surface area contributed by atoms with Gasteiger partial charge in [-0.2, -0.15) is 0 Å². The Kier molecular flexibility index (Phi) is 3.41. The average molecular weight is 351 g/mol. The first-order valence-electron chi connectivity index (χ1n) is 6.35. The van der Waals surface area contributed by atoms with Crippen molar-refractivity contribution in [2.45, 2.75) is 18.6 Å². The van der Waals surface area contributed by atoms with E-state index in [-0.39, 0.29) is 0 Å². The van der Waals surface area contributed by atoms with Crippen LogP contribution >= 0.6 is 15.9 Å². The number of pyridine rings is 1. The van der Waals surface area contributed by atoms with Gasteiger partial charge >= 0.3 is 6.09 Å². The Morgan fingerprint density at radius 1 is 1.38 bits per heavy atom. The molecule has 6 heteroatoms. The van der Waals surface area contributed by atoms with Crippen LogP contribution in [0.1, 0.15) is 24.2 Å². The van der Waals surface area contributed by atoms with Crippen molar-refractivity contribution in [3.05, 3.63) is 64.1 Å². The molecule has 2 aromatic rings. The molecule has 1 fully saturated rings. The molecule has 2 atom stereocenters. The van der Waals surface area contributed by atoms with Crippen LogP contribution in [0.4, 0.5) is 9.18 Å².